The van der Waals surface area contributed by atoms with Crippen LogP contribution in [0.1, 0.15) is 12.8 Å². The summed E-state index contributed by atoms with van der Waals surface area (Å²) in [5, 5.41) is 0.998. The average Bonchev–Trinajstić information content (AvgIpc) is 3.13. The van der Waals surface area contributed by atoms with Gasteiger partial charge in [0.15, 0.2) is 0 Å². The van der Waals surface area contributed by atoms with E-state index in [2.05, 4.69) is 4.98 Å². The summed E-state index contributed by atoms with van der Waals surface area (Å²) in [5.41, 5.74) is 7.57. The fraction of sp³-hybridized carbons (Fsp3) is 0.462. The van der Waals surface area contributed by atoms with Gasteiger partial charge in [-0.3, -0.25) is 0 Å². The number of nitrogens with zero attached hydrogens (tertiary/aromatic N) is 2. The minimum atomic E-state index is 0.461. The van der Waals surface area contributed by atoms with Gasteiger partial charge in [0.1, 0.15) is 0 Å². The Labute approximate surface area is 121 Å². The summed E-state index contributed by atoms with van der Waals surface area (Å²) in [5.74, 6) is 1.23. The Kier molecular flexibility index (Phi) is 3.56. The molecule has 0 atom stereocenters. The molecule has 3 rings (SSSR count). The van der Waals surface area contributed by atoms with Crippen LogP contribution in [0.2, 0.25) is 10.0 Å². The van der Waals surface area contributed by atoms with E-state index in [1.807, 2.05) is 4.57 Å². The number of benzene rings is 1. The van der Waals surface area contributed by atoms with Crippen molar-refractivity contribution in [3.63, 3.8) is 0 Å². The molecule has 1 aliphatic carbocycles. The highest BCUT2D eigenvalue weighted by atomic mass is 35.5. The van der Waals surface area contributed by atoms with E-state index in [4.69, 9.17) is 33.7 Å². The van der Waals surface area contributed by atoms with Gasteiger partial charge in [0, 0.05) is 13.2 Å². The molecule has 102 valence electrons. The molecule has 1 heterocycles. The second kappa shape index (κ2) is 5.19. The van der Waals surface area contributed by atoms with Gasteiger partial charge in [0.25, 0.3) is 0 Å². The summed E-state index contributed by atoms with van der Waals surface area (Å²) < 4.78 is 7.53. The van der Waals surface area contributed by atoms with Crippen molar-refractivity contribution in [2.75, 3.05) is 18.9 Å². The molecule has 0 spiro atoms. The molecule has 19 heavy (non-hydrogen) atoms. The summed E-state index contributed by atoms with van der Waals surface area (Å²) in [6.45, 7) is 2.15. The van der Waals surface area contributed by atoms with Gasteiger partial charge < -0.3 is 15.0 Å². The molecule has 1 saturated carbocycles. The molecule has 0 radical (unpaired) electrons. The minimum absolute atomic E-state index is 0.461. The number of halogens is 2. The van der Waals surface area contributed by atoms with Crippen LogP contribution in [0, 0.1) is 5.92 Å². The normalized spacial score (nSPS) is 15.3. The van der Waals surface area contributed by atoms with E-state index in [1.165, 1.54) is 12.8 Å². The number of hydrogen-bond donors (Lipinski definition) is 1. The monoisotopic (exact) mass is 299 g/mol. The average molecular weight is 300 g/mol. The lowest BCUT2D eigenvalue weighted by molar-refractivity contribution is 0.118. The lowest BCUT2D eigenvalue weighted by Crippen LogP contribution is -2.10. The predicted octanol–water partition coefficient (Wildman–Crippen LogP) is 3.35. The lowest BCUT2D eigenvalue weighted by atomic mass is 10.3. The number of ether oxygens (including phenoxy) is 1. The number of nitrogens with two attached hydrogens (primary N) is 1. The summed E-state index contributed by atoms with van der Waals surface area (Å²) in [7, 11) is 0. The highest BCUT2D eigenvalue weighted by Gasteiger charge is 2.21. The third-order valence-electron chi connectivity index (χ3n) is 3.33. The first-order chi connectivity index (χ1) is 9.15. The fourth-order valence-corrected chi connectivity index (χ4v) is 2.38. The van der Waals surface area contributed by atoms with Gasteiger partial charge in [-0.1, -0.05) is 23.2 Å². The summed E-state index contributed by atoms with van der Waals surface area (Å²) in [4.78, 5) is 4.28. The molecule has 0 saturated heterocycles. The van der Waals surface area contributed by atoms with E-state index in [0.29, 0.717) is 29.1 Å². The van der Waals surface area contributed by atoms with Gasteiger partial charge >= 0.3 is 0 Å². The fourth-order valence-electron chi connectivity index (χ4n) is 2.06. The number of anilines is 1. The van der Waals surface area contributed by atoms with Crippen LogP contribution in [0.4, 0.5) is 5.95 Å². The summed E-state index contributed by atoms with van der Waals surface area (Å²) >= 11 is 12.0. The van der Waals surface area contributed by atoms with Crippen molar-refractivity contribution in [1.82, 2.24) is 9.55 Å². The van der Waals surface area contributed by atoms with Crippen molar-refractivity contribution in [1.29, 1.82) is 0 Å². The van der Waals surface area contributed by atoms with Crippen molar-refractivity contribution in [2.45, 2.75) is 19.4 Å². The number of aromatic nitrogens is 2. The zero-order valence-electron chi connectivity index (χ0n) is 10.4. The van der Waals surface area contributed by atoms with Gasteiger partial charge in [-0.2, -0.15) is 0 Å². The number of rotatable bonds is 5. The van der Waals surface area contributed by atoms with Crippen LogP contribution in [0.3, 0.4) is 0 Å². The molecule has 4 nitrogen and oxygen atoms in total. The molecule has 1 aliphatic rings. The highest BCUT2D eigenvalue weighted by Crippen LogP contribution is 2.30. The minimum Gasteiger partial charge on any atom is -0.379 e. The maximum absolute atomic E-state index is 6.03. The van der Waals surface area contributed by atoms with E-state index in [0.717, 1.165) is 23.6 Å². The zero-order valence-corrected chi connectivity index (χ0v) is 11.9. The molecular formula is C13H15Cl2N3O. The van der Waals surface area contributed by atoms with Crippen LogP contribution in [-0.2, 0) is 11.3 Å². The Morgan fingerprint density at radius 3 is 2.79 bits per heavy atom. The standard InChI is InChI=1S/C13H15Cl2N3O/c14-9-5-11-12(6-10(9)15)18(13(16)17-11)3-4-19-7-8-1-2-8/h5-6,8H,1-4,7H2,(H2,16,17). The first-order valence-electron chi connectivity index (χ1n) is 6.33. The summed E-state index contributed by atoms with van der Waals surface area (Å²) in [6.07, 6.45) is 2.59. The first kappa shape index (κ1) is 13.0. The van der Waals surface area contributed by atoms with E-state index in [1.54, 1.807) is 12.1 Å². The molecule has 6 heteroatoms. The van der Waals surface area contributed by atoms with Crippen LogP contribution in [0.15, 0.2) is 12.1 Å². The van der Waals surface area contributed by atoms with Crippen molar-refractivity contribution >= 4 is 40.2 Å². The van der Waals surface area contributed by atoms with Crippen molar-refractivity contribution in [3.05, 3.63) is 22.2 Å². The molecule has 0 bridgehead atoms. The van der Waals surface area contributed by atoms with E-state index >= 15 is 0 Å². The van der Waals surface area contributed by atoms with E-state index in [9.17, 15) is 0 Å². The van der Waals surface area contributed by atoms with Gasteiger partial charge in [0.05, 0.1) is 27.7 Å². The van der Waals surface area contributed by atoms with Crippen molar-refractivity contribution in [3.8, 4) is 0 Å². The number of hydrogen-bond acceptors (Lipinski definition) is 3. The molecule has 1 aromatic carbocycles. The molecule has 0 unspecified atom stereocenters. The zero-order chi connectivity index (χ0) is 13.4. The molecule has 1 fully saturated rings. The highest BCUT2D eigenvalue weighted by molar-refractivity contribution is 6.42. The second-order valence-corrected chi connectivity index (χ2v) is 5.71. The van der Waals surface area contributed by atoms with Gasteiger partial charge in [-0.05, 0) is 30.9 Å². The maximum Gasteiger partial charge on any atom is 0.201 e. The first-order valence-corrected chi connectivity index (χ1v) is 7.09. The predicted molar refractivity (Wildman–Crippen MR) is 77.7 cm³/mol. The lowest BCUT2D eigenvalue weighted by Gasteiger charge is -2.07. The van der Waals surface area contributed by atoms with E-state index < -0.39 is 0 Å². The Hall–Kier alpha value is -0.970. The van der Waals surface area contributed by atoms with Crippen LogP contribution in [0.25, 0.3) is 11.0 Å². The topological polar surface area (TPSA) is 53.1 Å². The van der Waals surface area contributed by atoms with Gasteiger partial charge in [0.2, 0.25) is 5.95 Å². The molecule has 2 N–H and O–H groups in total. The molecule has 1 aromatic heterocycles. The van der Waals surface area contributed by atoms with Crippen LogP contribution in [0.5, 0.6) is 0 Å². The van der Waals surface area contributed by atoms with Gasteiger partial charge in [-0.15, -0.1) is 0 Å². The van der Waals surface area contributed by atoms with E-state index in [-0.39, 0.29) is 0 Å². The molecule has 0 amide bonds. The largest absolute Gasteiger partial charge is 0.379 e. The van der Waals surface area contributed by atoms with Crippen LogP contribution < -0.4 is 5.73 Å². The van der Waals surface area contributed by atoms with Crippen LogP contribution in [-0.4, -0.2) is 22.8 Å². The number of imidazole rings is 1. The number of nitrogen functional groups attached to an aromatic ring is 1. The molecule has 2 aromatic rings. The molecular weight excluding hydrogens is 285 g/mol. The van der Waals surface area contributed by atoms with Crippen molar-refractivity contribution < 1.29 is 4.74 Å². The molecule has 0 aliphatic heterocycles. The van der Waals surface area contributed by atoms with Crippen LogP contribution >= 0.6 is 23.2 Å². The Morgan fingerprint density at radius 1 is 1.32 bits per heavy atom. The second-order valence-electron chi connectivity index (χ2n) is 4.89. The van der Waals surface area contributed by atoms with Crippen molar-refractivity contribution in [2.24, 2.45) is 5.92 Å². The van der Waals surface area contributed by atoms with Gasteiger partial charge in [-0.25, -0.2) is 4.98 Å². The third-order valence-corrected chi connectivity index (χ3v) is 4.05. The quantitative estimate of drug-likeness (QED) is 0.862. The Balaban J connectivity index is 1.76. The SMILES string of the molecule is Nc1nc2cc(Cl)c(Cl)cc2n1CCOCC1CC1. The maximum atomic E-state index is 6.03. The Bertz CT molecular complexity index is 607. The Morgan fingerprint density at radius 2 is 2.05 bits per heavy atom. The summed E-state index contributed by atoms with van der Waals surface area (Å²) in [6, 6.07) is 3.53. The smallest absolute Gasteiger partial charge is 0.201 e. The third kappa shape index (κ3) is 2.81. The number of fused-ring (bicyclic) bond motifs is 1.